The highest BCUT2D eigenvalue weighted by molar-refractivity contribution is 6.03. The number of carbonyl (C=O) groups excluding carboxylic acids is 2. The molecule has 37 heavy (non-hydrogen) atoms. The van der Waals surface area contributed by atoms with Crippen LogP contribution in [-0.4, -0.2) is 34.4 Å². The average molecular weight is 494 g/mol. The molecule has 0 aliphatic carbocycles. The van der Waals surface area contributed by atoms with Gasteiger partial charge in [0.2, 0.25) is 0 Å². The number of pyridine rings is 1. The first kappa shape index (κ1) is 24.5. The second-order valence-corrected chi connectivity index (χ2v) is 10.0. The molecule has 2 amide bonds. The van der Waals surface area contributed by atoms with Crippen molar-refractivity contribution in [3.63, 3.8) is 0 Å². The zero-order valence-electron chi connectivity index (χ0n) is 21.2. The van der Waals surface area contributed by atoms with E-state index in [-0.39, 0.29) is 34.9 Å². The summed E-state index contributed by atoms with van der Waals surface area (Å²) in [6.45, 7) is 5.64. The zero-order valence-corrected chi connectivity index (χ0v) is 21.2. The standard InChI is InChI=1S/C31H31N3O3/c1-21-14-15-25(16-22(21)2)30(36)32-27(11-6-10-23-8-4-3-5-9-23)31(37)33-18-24-17-26(20-33)28-12-7-13-29(35)34(28)19-24/h3-16,24,26H,17-20H2,1-2H3,(H,32,36)/b10-6+,27-11+/t24-,26+/m1/s1. The van der Waals surface area contributed by atoms with Crippen molar-refractivity contribution in [2.24, 2.45) is 5.92 Å². The normalized spacial score (nSPS) is 19.0. The van der Waals surface area contributed by atoms with Crippen molar-refractivity contribution in [3.05, 3.63) is 123 Å². The van der Waals surface area contributed by atoms with Gasteiger partial charge in [0.1, 0.15) is 5.70 Å². The fraction of sp³-hybridized carbons (Fsp3) is 0.258. The van der Waals surface area contributed by atoms with Crippen LogP contribution in [0.5, 0.6) is 0 Å². The molecule has 0 radical (unpaired) electrons. The maximum atomic E-state index is 13.8. The Morgan fingerprint density at radius 3 is 2.51 bits per heavy atom. The number of aryl methyl sites for hydroxylation is 2. The second kappa shape index (κ2) is 10.4. The van der Waals surface area contributed by atoms with Crippen LogP contribution in [0, 0.1) is 19.8 Å². The van der Waals surface area contributed by atoms with Crippen LogP contribution in [0.3, 0.4) is 0 Å². The smallest absolute Gasteiger partial charge is 0.270 e. The summed E-state index contributed by atoms with van der Waals surface area (Å²) in [4.78, 5) is 41.1. The third-order valence-electron chi connectivity index (χ3n) is 7.37. The third kappa shape index (κ3) is 5.33. The molecule has 3 heterocycles. The van der Waals surface area contributed by atoms with Gasteiger partial charge in [-0.15, -0.1) is 0 Å². The molecule has 2 aromatic carbocycles. The van der Waals surface area contributed by atoms with E-state index in [1.54, 1.807) is 30.4 Å². The molecule has 1 aromatic heterocycles. The summed E-state index contributed by atoms with van der Waals surface area (Å²) < 4.78 is 1.85. The SMILES string of the molecule is Cc1ccc(C(=O)N/C(=C/C=C/c2ccccc2)C(=O)N2C[C@H]3C[C@@H](C2)c2cccc(=O)n2C3)cc1C. The van der Waals surface area contributed by atoms with Gasteiger partial charge in [-0.3, -0.25) is 14.4 Å². The number of nitrogens with zero attached hydrogens (tertiary/aromatic N) is 2. The Kier molecular flexibility index (Phi) is 6.91. The van der Waals surface area contributed by atoms with E-state index in [1.165, 1.54) is 0 Å². The van der Waals surface area contributed by atoms with Crippen LogP contribution >= 0.6 is 0 Å². The van der Waals surface area contributed by atoms with Crippen LogP contribution in [0.4, 0.5) is 0 Å². The number of benzene rings is 2. The Bertz CT molecular complexity index is 1450. The molecule has 0 unspecified atom stereocenters. The lowest BCUT2D eigenvalue weighted by atomic mass is 9.83. The molecule has 188 valence electrons. The number of amides is 2. The first-order chi connectivity index (χ1) is 17.9. The highest BCUT2D eigenvalue weighted by atomic mass is 16.2. The molecule has 1 fully saturated rings. The van der Waals surface area contributed by atoms with E-state index in [0.717, 1.165) is 28.8 Å². The van der Waals surface area contributed by atoms with Crippen molar-refractivity contribution < 1.29 is 9.59 Å². The fourth-order valence-corrected chi connectivity index (χ4v) is 5.30. The van der Waals surface area contributed by atoms with Gasteiger partial charge < -0.3 is 14.8 Å². The monoisotopic (exact) mass is 493 g/mol. The Labute approximate surface area is 216 Å². The lowest BCUT2D eigenvalue weighted by Crippen LogP contribution is -2.50. The van der Waals surface area contributed by atoms with Gasteiger partial charge in [-0.05, 0) is 67.2 Å². The van der Waals surface area contributed by atoms with Gasteiger partial charge >= 0.3 is 0 Å². The van der Waals surface area contributed by atoms with Crippen LogP contribution < -0.4 is 10.9 Å². The molecule has 2 aliphatic heterocycles. The minimum Gasteiger partial charge on any atom is -0.336 e. The van der Waals surface area contributed by atoms with Crippen molar-refractivity contribution in [2.75, 3.05) is 13.1 Å². The highest BCUT2D eigenvalue weighted by Crippen LogP contribution is 2.35. The number of hydrogen-bond acceptors (Lipinski definition) is 3. The lowest BCUT2D eigenvalue weighted by Gasteiger charge is -2.42. The lowest BCUT2D eigenvalue weighted by molar-refractivity contribution is -0.130. The Morgan fingerprint density at radius 2 is 1.73 bits per heavy atom. The number of hydrogen-bond donors (Lipinski definition) is 1. The minimum atomic E-state index is -0.315. The molecule has 3 aromatic rings. The number of nitrogens with one attached hydrogen (secondary N) is 1. The van der Waals surface area contributed by atoms with E-state index in [1.807, 2.05) is 77.9 Å². The maximum Gasteiger partial charge on any atom is 0.270 e. The Balaban J connectivity index is 1.41. The molecule has 6 nitrogen and oxygen atoms in total. The minimum absolute atomic E-state index is 0.0132. The van der Waals surface area contributed by atoms with E-state index in [0.29, 0.717) is 25.2 Å². The van der Waals surface area contributed by atoms with Crippen molar-refractivity contribution in [3.8, 4) is 0 Å². The summed E-state index contributed by atoms with van der Waals surface area (Å²) in [5, 5.41) is 2.88. The average Bonchev–Trinajstić information content (AvgIpc) is 2.90. The van der Waals surface area contributed by atoms with E-state index < -0.39 is 0 Å². The van der Waals surface area contributed by atoms with Crippen LogP contribution in [0.1, 0.15) is 45.1 Å². The van der Waals surface area contributed by atoms with Gasteiger partial charge in [-0.1, -0.05) is 54.6 Å². The predicted octanol–water partition coefficient (Wildman–Crippen LogP) is 4.44. The van der Waals surface area contributed by atoms with Gasteiger partial charge in [0.05, 0.1) is 0 Å². The number of likely N-dealkylation sites (tertiary alicyclic amines) is 1. The third-order valence-corrected chi connectivity index (χ3v) is 7.37. The molecular formula is C31H31N3O3. The van der Waals surface area contributed by atoms with E-state index >= 15 is 0 Å². The molecule has 2 aliphatic rings. The van der Waals surface area contributed by atoms with Gasteiger partial charge in [0.15, 0.2) is 0 Å². The maximum absolute atomic E-state index is 13.8. The van der Waals surface area contributed by atoms with E-state index in [9.17, 15) is 14.4 Å². The largest absolute Gasteiger partial charge is 0.336 e. The molecule has 1 saturated heterocycles. The van der Waals surface area contributed by atoms with Gasteiger partial charge in [-0.2, -0.15) is 0 Å². The molecule has 6 heteroatoms. The number of rotatable bonds is 5. The summed E-state index contributed by atoms with van der Waals surface area (Å²) in [6.07, 6.45) is 6.33. The summed E-state index contributed by atoms with van der Waals surface area (Å²) in [7, 11) is 0. The topological polar surface area (TPSA) is 71.4 Å². The summed E-state index contributed by atoms with van der Waals surface area (Å²) >= 11 is 0. The second-order valence-electron chi connectivity index (χ2n) is 10.0. The van der Waals surface area contributed by atoms with Gasteiger partial charge in [0, 0.05) is 42.9 Å². The van der Waals surface area contributed by atoms with Crippen LogP contribution in [0.25, 0.3) is 6.08 Å². The van der Waals surface area contributed by atoms with Crippen molar-refractivity contribution in [2.45, 2.75) is 32.7 Å². The molecule has 0 saturated carbocycles. The van der Waals surface area contributed by atoms with Gasteiger partial charge in [-0.25, -0.2) is 0 Å². The number of fused-ring (bicyclic) bond motifs is 4. The molecule has 5 rings (SSSR count). The van der Waals surface area contributed by atoms with Crippen LogP contribution in [0.2, 0.25) is 0 Å². The number of aromatic nitrogens is 1. The van der Waals surface area contributed by atoms with E-state index in [4.69, 9.17) is 0 Å². The predicted molar refractivity (Wildman–Crippen MR) is 145 cm³/mol. The van der Waals surface area contributed by atoms with Crippen LogP contribution in [0.15, 0.2) is 89.4 Å². The van der Waals surface area contributed by atoms with Gasteiger partial charge in [0.25, 0.3) is 17.4 Å². The van der Waals surface area contributed by atoms with E-state index in [2.05, 4.69) is 5.32 Å². The zero-order chi connectivity index (χ0) is 25.9. The van der Waals surface area contributed by atoms with Crippen LogP contribution in [-0.2, 0) is 11.3 Å². The fourth-order valence-electron chi connectivity index (χ4n) is 5.30. The molecule has 0 spiro atoms. The number of allylic oxidation sites excluding steroid dienone is 2. The first-order valence-corrected chi connectivity index (χ1v) is 12.7. The quantitative estimate of drug-likeness (QED) is 0.422. The Morgan fingerprint density at radius 1 is 0.919 bits per heavy atom. The Hall–Kier alpha value is -4.19. The number of carbonyl (C=O) groups is 2. The van der Waals surface area contributed by atoms with Crippen molar-refractivity contribution in [1.82, 2.24) is 14.8 Å². The number of piperidine rings is 1. The van der Waals surface area contributed by atoms with Crippen molar-refractivity contribution >= 4 is 17.9 Å². The van der Waals surface area contributed by atoms with Crippen molar-refractivity contribution in [1.29, 1.82) is 0 Å². The highest BCUT2D eigenvalue weighted by Gasteiger charge is 2.37. The first-order valence-electron chi connectivity index (χ1n) is 12.7. The summed E-state index contributed by atoms with van der Waals surface area (Å²) in [5.74, 6) is -0.227. The molecular weight excluding hydrogens is 462 g/mol. The summed E-state index contributed by atoms with van der Waals surface area (Å²) in [6, 6.07) is 20.7. The molecule has 2 bridgehead atoms. The summed E-state index contributed by atoms with van der Waals surface area (Å²) in [5.41, 5.74) is 4.87. The molecule has 1 N–H and O–H groups in total. The molecule has 2 atom stereocenters.